The molecule has 88 valence electrons. The fourth-order valence-corrected chi connectivity index (χ4v) is 1.35. The van der Waals surface area contributed by atoms with Gasteiger partial charge < -0.3 is 4.84 Å². The van der Waals surface area contributed by atoms with E-state index in [2.05, 4.69) is 4.84 Å². The first-order valence-electron chi connectivity index (χ1n) is 4.75. The van der Waals surface area contributed by atoms with Crippen LogP contribution in [0, 0.1) is 5.41 Å². The van der Waals surface area contributed by atoms with Crippen molar-refractivity contribution in [2.75, 3.05) is 13.1 Å². The fourth-order valence-electron chi connectivity index (χ4n) is 1.35. The minimum absolute atomic E-state index is 0.112. The summed E-state index contributed by atoms with van der Waals surface area (Å²) in [5.74, 6) is -2.14. The van der Waals surface area contributed by atoms with Gasteiger partial charge in [-0.1, -0.05) is 13.8 Å². The Kier molecular flexibility index (Phi) is 3.28. The molecule has 3 nitrogen and oxygen atoms in total. The minimum atomic E-state index is -4.91. The second-order valence-electron chi connectivity index (χ2n) is 4.47. The Labute approximate surface area is 86.1 Å². The van der Waals surface area contributed by atoms with Crippen LogP contribution < -0.4 is 0 Å². The number of hydrogen-bond donors (Lipinski definition) is 0. The monoisotopic (exact) mass is 225 g/mol. The lowest BCUT2D eigenvalue weighted by Gasteiger charge is -2.35. The van der Waals surface area contributed by atoms with Crippen LogP contribution in [0.15, 0.2) is 0 Å². The van der Waals surface area contributed by atoms with Crippen LogP contribution in [-0.2, 0) is 9.63 Å². The highest BCUT2D eigenvalue weighted by Crippen LogP contribution is 2.30. The van der Waals surface area contributed by atoms with E-state index >= 15 is 0 Å². The predicted octanol–water partition coefficient (Wildman–Crippen LogP) is 2.13. The summed E-state index contributed by atoms with van der Waals surface area (Å²) in [6.07, 6.45) is -3.47. The van der Waals surface area contributed by atoms with Crippen LogP contribution in [0.1, 0.15) is 26.7 Å². The van der Waals surface area contributed by atoms with E-state index in [1.165, 1.54) is 0 Å². The minimum Gasteiger partial charge on any atom is -0.361 e. The molecule has 0 spiro atoms. The maximum absolute atomic E-state index is 11.9. The van der Waals surface area contributed by atoms with Crippen molar-refractivity contribution in [2.24, 2.45) is 5.41 Å². The summed E-state index contributed by atoms with van der Waals surface area (Å²) in [6, 6.07) is 0. The van der Waals surface area contributed by atoms with Gasteiger partial charge in [0.1, 0.15) is 0 Å². The molecule has 0 bridgehead atoms. The van der Waals surface area contributed by atoms with Crippen molar-refractivity contribution >= 4 is 5.97 Å². The molecule has 1 saturated heterocycles. The van der Waals surface area contributed by atoms with Crippen LogP contribution in [0.4, 0.5) is 13.2 Å². The lowest BCUT2D eigenvalue weighted by Crippen LogP contribution is -2.41. The van der Waals surface area contributed by atoms with Gasteiger partial charge in [-0.05, 0) is 18.3 Å². The summed E-state index contributed by atoms with van der Waals surface area (Å²) < 4.78 is 35.6. The molecule has 15 heavy (non-hydrogen) atoms. The zero-order chi connectivity index (χ0) is 11.7. The molecule has 1 aliphatic heterocycles. The van der Waals surface area contributed by atoms with Crippen molar-refractivity contribution < 1.29 is 22.8 Å². The standard InChI is InChI=1S/C9H14F3NO2/c1-8(2)3-5-13(6-4-8)15-7(14)9(10,11)12/h3-6H2,1-2H3. The first-order valence-corrected chi connectivity index (χ1v) is 4.75. The molecule has 1 aliphatic rings. The second kappa shape index (κ2) is 4.00. The van der Waals surface area contributed by atoms with E-state index in [0.717, 1.165) is 17.9 Å². The Hall–Kier alpha value is -0.780. The van der Waals surface area contributed by atoms with E-state index in [1.807, 2.05) is 13.8 Å². The maximum Gasteiger partial charge on any atom is 0.492 e. The summed E-state index contributed by atoms with van der Waals surface area (Å²) in [5.41, 5.74) is 0.112. The second-order valence-corrected chi connectivity index (χ2v) is 4.47. The van der Waals surface area contributed by atoms with Gasteiger partial charge in [0.05, 0.1) is 0 Å². The SMILES string of the molecule is CC1(C)CCN(OC(=O)C(F)(F)F)CC1. The van der Waals surface area contributed by atoms with Crippen molar-refractivity contribution in [1.82, 2.24) is 5.06 Å². The van der Waals surface area contributed by atoms with Gasteiger partial charge in [-0.25, -0.2) is 4.79 Å². The molecule has 0 aromatic rings. The quantitative estimate of drug-likeness (QED) is 0.684. The molecule has 6 heteroatoms. The number of piperidine rings is 1. The number of rotatable bonds is 1. The Bertz CT molecular complexity index is 240. The van der Waals surface area contributed by atoms with E-state index < -0.39 is 12.1 Å². The first kappa shape index (κ1) is 12.3. The highest BCUT2D eigenvalue weighted by atomic mass is 19.4. The van der Waals surface area contributed by atoms with Crippen LogP contribution >= 0.6 is 0 Å². The summed E-state index contributed by atoms with van der Waals surface area (Å²) >= 11 is 0. The van der Waals surface area contributed by atoms with Crippen molar-refractivity contribution in [3.8, 4) is 0 Å². The van der Waals surface area contributed by atoms with Crippen molar-refractivity contribution in [3.63, 3.8) is 0 Å². The molecule has 1 heterocycles. The van der Waals surface area contributed by atoms with E-state index in [9.17, 15) is 18.0 Å². The van der Waals surface area contributed by atoms with Crippen LogP contribution in [0.2, 0.25) is 0 Å². The Morgan fingerprint density at radius 2 is 1.73 bits per heavy atom. The highest BCUT2D eigenvalue weighted by molar-refractivity contribution is 5.75. The summed E-state index contributed by atoms with van der Waals surface area (Å²) in [4.78, 5) is 14.7. The zero-order valence-corrected chi connectivity index (χ0v) is 8.73. The Morgan fingerprint density at radius 3 is 2.13 bits per heavy atom. The molecular weight excluding hydrogens is 211 g/mol. The number of carbonyl (C=O) groups excluding carboxylic acids is 1. The Morgan fingerprint density at radius 1 is 1.27 bits per heavy atom. The molecule has 0 aromatic carbocycles. The smallest absolute Gasteiger partial charge is 0.361 e. The summed E-state index contributed by atoms with van der Waals surface area (Å²) in [5, 5.41) is 1.08. The molecule has 0 saturated carbocycles. The molecule has 0 aliphatic carbocycles. The van der Waals surface area contributed by atoms with Gasteiger partial charge in [0.25, 0.3) is 0 Å². The normalized spacial score (nSPS) is 22.5. The van der Waals surface area contributed by atoms with Crippen LogP contribution in [0.3, 0.4) is 0 Å². The summed E-state index contributed by atoms with van der Waals surface area (Å²) in [7, 11) is 0. The number of halogens is 3. The van der Waals surface area contributed by atoms with E-state index in [-0.39, 0.29) is 5.41 Å². The fraction of sp³-hybridized carbons (Fsp3) is 0.889. The van der Waals surface area contributed by atoms with Gasteiger partial charge in [0, 0.05) is 13.1 Å². The van der Waals surface area contributed by atoms with Gasteiger partial charge in [-0.3, -0.25) is 0 Å². The molecule has 1 rings (SSSR count). The average molecular weight is 225 g/mol. The van der Waals surface area contributed by atoms with Crippen LogP contribution in [0.5, 0.6) is 0 Å². The topological polar surface area (TPSA) is 29.5 Å². The largest absolute Gasteiger partial charge is 0.492 e. The molecular formula is C9H14F3NO2. The summed E-state index contributed by atoms with van der Waals surface area (Å²) in [6.45, 7) is 4.79. The number of nitrogens with zero attached hydrogens (tertiary/aromatic N) is 1. The molecule has 0 atom stereocenters. The van der Waals surface area contributed by atoms with E-state index in [4.69, 9.17) is 0 Å². The van der Waals surface area contributed by atoms with Gasteiger partial charge >= 0.3 is 12.1 Å². The lowest BCUT2D eigenvalue weighted by atomic mass is 9.83. The van der Waals surface area contributed by atoms with Crippen molar-refractivity contribution in [2.45, 2.75) is 32.9 Å². The highest BCUT2D eigenvalue weighted by Gasteiger charge is 2.43. The predicted molar refractivity (Wildman–Crippen MR) is 46.7 cm³/mol. The van der Waals surface area contributed by atoms with Gasteiger partial charge in [-0.15, -0.1) is 5.06 Å². The first-order chi connectivity index (χ1) is 6.71. The Balaban J connectivity index is 2.40. The maximum atomic E-state index is 11.9. The van der Waals surface area contributed by atoms with Crippen molar-refractivity contribution in [1.29, 1.82) is 0 Å². The molecule has 0 radical (unpaired) electrons. The molecule has 0 amide bonds. The zero-order valence-electron chi connectivity index (χ0n) is 8.73. The molecule has 0 unspecified atom stereocenters. The molecule has 0 N–H and O–H groups in total. The van der Waals surface area contributed by atoms with Gasteiger partial charge in [-0.2, -0.15) is 13.2 Å². The molecule has 0 aromatic heterocycles. The van der Waals surface area contributed by atoms with Gasteiger partial charge in [0.2, 0.25) is 0 Å². The number of carbonyl (C=O) groups is 1. The third-order valence-electron chi connectivity index (χ3n) is 2.52. The average Bonchev–Trinajstić information content (AvgIpc) is 2.07. The van der Waals surface area contributed by atoms with E-state index in [1.54, 1.807) is 0 Å². The number of hydrogen-bond acceptors (Lipinski definition) is 3. The third kappa shape index (κ3) is 3.70. The van der Waals surface area contributed by atoms with Crippen LogP contribution in [-0.4, -0.2) is 30.3 Å². The molecule has 1 fully saturated rings. The lowest BCUT2D eigenvalue weighted by molar-refractivity contribution is -0.243. The number of hydroxylamine groups is 2. The van der Waals surface area contributed by atoms with E-state index in [0.29, 0.717) is 13.1 Å². The van der Waals surface area contributed by atoms with Crippen LogP contribution in [0.25, 0.3) is 0 Å². The van der Waals surface area contributed by atoms with Crippen molar-refractivity contribution in [3.05, 3.63) is 0 Å². The number of alkyl halides is 3. The third-order valence-corrected chi connectivity index (χ3v) is 2.52. The van der Waals surface area contributed by atoms with Gasteiger partial charge in [0.15, 0.2) is 0 Å².